The monoisotopic (exact) mass is 431 g/mol. The highest BCUT2D eigenvalue weighted by molar-refractivity contribution is 6.25. The summed E-state index contributed by atoms with van der Waals surface area (Å²) in [5.74, 6) is 0.846. The summed E-state index contributed by atoms with van der Waals surface area (Å²) in [6, 6.07) is 16.8. The molecule has 3 heterocycles. The molecule has 0 saturated heterocycles. The molecule has 0 radical (unpaired) electrons. The van der Waals surface area contributed by atoms with E-state index in [9.17, 15) is 0 Å². The third kappa shape index (κ3) is 2.58. The van der Waals surface area contributed by atoms with E-state index in [0.717, 1.165) is 5.92 Å². The molecule has 0 spiro atoms. The highest BCUT2D eigenvalue weighted by atomic mass is 15.0. The van der Waals surface area contributed by atoms with Gasteiger partial charge in [0.05, 0.1) is 27.3 Å². The van der Waals surface area contributed by atoms with Gasteiger partial charge < -0.3 is 4.40 Å². The predicted octanol–water partition coefficient (Wildman–Crippen LogP) is 7.47. The maximum Gasteiger partial charge on any atom is 0.224 e. The lowest BCUT2D eigenvalue weighted by atomic mass is 9.94. The molecule has 0 atom stereocenters. The van der Waals surface area contributed by atoms with Crippen LogP contribution < -0.4 is 4.57 Å². The molecule has 1 saturated carbocycles. The largest absolute Gasteiger partial charge is 0.307 e. The lowest BCUT2D eigenvalue weighted by molar-refractivity contribution is -0.643. The zero-order chi connectivity index (χ0) is 22.4. The van der Waals surface area contributed by atoms with Crippen LogP contribution in [0.4, 0.5) is 0 Å². The van der Waals surface area contributed by atoms with E-state index < -0.39 is 0 Å². The number of hydrogen-bond acceptors (Lipinski definition) is 0. The second-order valence-electron chi connectivity index (χ2n) is 10.7. The van der Waals surface area contributed by atoms with Gasteiger partial charge in [0, 0.05) is 16.8 Å². The average Bonchev–Trinajstić information content (AvgIpc) is 3.41. The minimum absolute atomic E-state index is 0.846. The maximum absolute atomic E-state index is 2.59. The molecule has 3 aromatic heterocycles. The summed E-state index contributed by atoms with van der Waals surface area (Å²) >= 11 is 0. The van der Waals surface area contributed by atoms with Gasteiger partial charge in [0.15, 0.2) is 6.20 Å². The summed E-state index contributed by atoms with van der Waals surface area (Å²) in [5, 5.41) is 6.91. The van der Waals surface area contributed by atoms with Gasteiger partial charge in [0.2, 0.25) is 5.52 Å². The van der Waals surface area contributed by atoms with Crippen LogP contribution >= 0.6 is 0 Å². The van der Waals surface area contributed by atoms with Crippen molar-refractivity contribution in [1.29, 1.82) is 0 Å². The van der Waals surface area contributed by atoms with Gasteiger partial charge in [0.25, 0.3) is 0 Å². The second-order valence-corrected chi connectivity index (χ2v) is 10.7. The Balaban J connectivity index is 1.74. The molecule has 1 fully saturated rings. The maximum atomic E-state index is 2.59. The summed E-state index contributed by atoms with van der Waals surface area (Å²) in [6.07, 6.45) is 9.05. The van der Waals surface area contributed by atoms with Crippen LogP contribution in [0.15, 0.2) is 48.7 Å². The molecule has 0 N–H and O–H groups in total. The normalized spacial score (nSPS) is 15.4. The topological polar surface area (TPSA) is 8.29 Å². The number of rotatable bonds is 2. The van der Waals surface area contributed by atoms with Gasteiger partial charge in [0.1, 0.15) is 7.05 Å². The molecule has 164 valence electrons. The molecule has 1 aliphatic rings. The van der Waals surface area contributed by atoms with E-state index in [1.807, 2.05) is 0 Å². The molecule has 2 nitrogen and oxygen atoms in total. The van der Waals surface area contributed by atoms with Gasteiger partial charge in [-0.2, -0.15) is 0 Å². The number of aryl methyl sites for hydroxylation is 4. The number of fused-ring (bicyclic) bond motifs is 5. The Morgan fingerprint density at radius 2 is 1.61 bits per heavy atom. The van der Waals surface area contributed by atoms with Crippen molar-refractivity contribution in [3.05, 3.63) is 70.9 Å². The number of nitrogens with zero attached hydrogens (tertiary/aromatic N) is 2. The zero-order valence-corrected chi connectivity index (χ0v) is 20.1. The van der Waals surface area contributed by atoms with E-state index in [0.29, 0.717) is 0 Å². The number of benzene rings is 3. The smallest absolute Gasteiger partial charge is 0.224 e. The van der Waals surface area contributed by atoms with Crippen LogP contribution in [0.1, 0.15) is 47.9 Å². The molecule has 0 amide bonds. The van der Waals surface area contributed by atoms with Gasteiger partial charge in [-0.1, -0.05) is 43.9 Å². The number of aromatic nitrogens is 2. The molecule has 0 unspecified atom stereocenters. The molecule has 0 bridgehead atoms. The van der Waals surface area contributed by atoms with Gasteiger partial charge in [-0.05, 0) is 78.9 Å². The Morgan fingerprint density at radius 3 is 2.42 bits per heavy atom. The zero-order valence-electron chi connectivity index (χ0n) is 20.1. The predicted molar refractivity (Wildman–Crippen MR) is 140 cm³/mol. The van der Waals surface area contributed by atoms with E-state index >= 15 is 0 Å². The van der Waals surface area contributed by atoms with Crippen LogP contribution in [0.3, 0.4) is 0 Å². The quantitative estimate of drug-likeness (QED) is 0.153. The molecule has 1 aliphatic carbocycles. The van der Waals surface area contributed by atoms with Crippen molar-refractivity contribution in [3.8, 4) is 0 Å². The van der Waals surface area contributed by atoms with E-state index in [-0.39, 0.29) is 0 Å². The lowest BCUT2D eigenvalue weighted by Crippen LogP contribution is -2.29. The van der Waals surface area contributed by atoms with Crippen molar-refractivity contribution in [1.82, 2.24) is 4.40 Å². The average molecular weight is 432 g/mol. The van der Waals surface area contributed by atoms with Crippen LogP contribution in [-0.2, 0) is 13.5 Å². The van der Waals surface area contributed by atoms with Gasteiger partial charge in [-0.25, -0.2) is 4.57 Å². The first-order chi connectivity index (χ1) is 16.0. The third-order valence-corrected chi connectivity index (χ3v) is 8.50. The summed E-state index contributed by atoms with van der Waals surface area (Å²) in [6.45, 7) is 6.75. The molecule has 33 heavy (non-hydrogen) atoms. The highest BCUT2D eigenvalue weighted by Crippen LogP contribution is 2.42. The molecule has 3 aromatic carbocycles. The standard InChI is InChI=1S/C31H31N2/c1-18-9-10-24-25-13-19(2)20(3)14-26(25)33-27-17-22(15-21-7-5-6-8-21)16-23-11-12-32(4)31(29(23)27)28(18)30(24)33/h9-14,16-17,21H,5-8,15H2,1-4H3/q+1. The molecular formula is C31H31N2+. The second kappa shape index (κ2) is 6.70. The minimum Gasteiger partial charge on any atom is -0.307 e. The van der Waals surface area contributed by atoms with Gasteiger partial charge in [-0.3, -0.25) is 0 Å². The van der Waals surface area contributed by atoms with E-state index in [1.165, 1.54) is 103 Å². The van der Waals surface area contributed by atoms with E-state index in [1.54, 1.807) is 0 Å². The van der Waals surface area contributed by atoms with Crippen LogP contribution in [-0.4, -0.2) is 4.40 Å². The summed E-state index contributed by atoms with van der Waals surface area (Å²) in [7, 11) is 2.20. The van der Waals surface area contributed by atoms with Crippen LogP contribution in [0, 0.1) is 26.7 Å². The van der Waals surface area contributed by atoms with E-state index in [4.69, 9.17) is 0 Å². The lowest BCUT2D eigenvalue weighted by Gasteiger charge is -2.16. The summed E-state index contributed by atoms with van der Waals surface area (Å²) in [5.41, 5.74) is 11.0. The fourth-order valence-electron chi connectivity index (χ4n) is 6.70. The Morgan fingerprint density at radius 1 is 0.818 bits per heavy atom. The minimum atomic E-state index is 0.846. The van der Waals surface area contributed by atoms with Crippen molar-refractivity contribution >= 4 is 49.0 Å². The fraction of sp³-hybridized carbons (Fsp3) is 0.323. The number of hydrogen-bond donors (Lipinski definition) is 0. The molecular weight excluding hydrogens is 400 g/mol. The summed E-state index contributed by atoms with van der Waals surface area (Å²) in [4.78, 5) is 0. The molecule has 7 rings (SSSR count). The molecule has 0 aliphatic heterocycles. The van der Waals surface area contributed by atoms with Crippen LogP contribution in [0.25, 0.3) is 49.0 Å². The Hall–Kier alpha value is -3.13. The molecule has 2 heteroatoms. The highest BCUT2D eigenvalue weighted by Gasteiger charge is 2.25. The molecule has 6 aromatic rings. The van der Waals surface area contributed by atoms with Crippen molar-refractivity contribution in [2.45, 2.75) is 52.9 Å². The first-order valence-electron chi connectivity index (χ1n) is 12.5. The first kappa shape index (κ1) is 19.3. The third-order valence-electron chi connectivity index (χ3n) is 8.50. The Labute approximate surface area is 194 Å². The van der Waals surface area contributed by atoms with Crippen LogP contribution in [0.2, 0.25) is 0 Å². The summed E-state index contributed by atoms with van der Waals surface area (Å²) < 4.78 is 4.93. The fourth-order valence-corrected chi connectivity index (χ4v) is 6.70. The Kier molecular flexibility index (Phi) is 3.93. The van der Waals surface area contributed by atoms with Crippen molar-refractivity contribution in [3.63, 3.8) is 0 Å². The van der Waals surface area contributed by atoms with Gasteiger partial charge in [-0.15, -0.1) is 0 Å². The van der Waals surface area contributed by atoms with E-state index in [2.05, 4.69) is 85.4 Å². The SMILES string of the molecule is Cc1cc2c3ccc(C)c4c3n(c2cc1C)c1cc(CC2CCCC2)cc2cc[n+](C)c4c21. The van der Waals surface area contributed by atoms with Crippen molar-refractivity contribution in [2.75, 3.05) is 0 Å². The van der Waals surface area contributed by atoms with Gasteiger partial charge >= 0.3 is 0 Å². The Bertz CT molecular complexity index is 1730. The van der Waals surface area contributed by atoms with Crippen molar-refractivity contribution in [2.24, 2.45) is 13.0 Å². The number of pyridine rings is 2. The van der Waals surface area contributed by atoms with Crippen molar-refractivity contribution < 1.29 is 4.57 Å². The van der Waals surface area contributed by atoms with Crippen LogP contribution in [0.5, 0.6) is 0 Å². The first-order valence-corrected chi connectivity index (χ1v) is 12.5.